The van der Waals surface area contributed by atoms with Crippen molar-refractivity contribution < 1.29 is 40.2 Å². The van der Waals surface area contributed by atoms with Crippen LogP contribution in [0, 0.1) is 0 Å². The third-order valence-corrected chi connectivity index (χ3v) is 4.15. The number of aliphatic hydroxyl groups is 5. The fraction of sp³-hybridized carbons (Fsp3) is 0.857. The monoisotopic (exact) mass is 365 g/mol. The SMILES string of the molecule is O=CCNC1C(O)C(NCCC(=O)O)C(O)C(NCCC(O)O)C1O. The Hall–Kier alpha value is -1.18. The van der Waals surface area contributed by atoms with Gasteiger partial charge in [-0.2, -0.15) is 0 Å². The Labute approximate surface area is 144 Å². The van der Waals surface area contributed by atoms with Crippen LogP contribution in [0.15, 0.2) is 0 Å². The summed E-state index contributed by atoms with van der Waals surface area (Å²) in [5.41, 5.74) is 0. The van der Waals surface area contributed by atoms with Crippen molar-refractivity contribution in [1.82, 2.24) is 16.0 Å². The highest BCUT2D eigenvalue weighted by molar-refractivity contribution is 5.66. The molecule has 1 aliphatic carbocycles. The van der Waals surface area contributed by atoms with Crippen molar-refractivity contribution >= 4 is 12.3 Å². The minimum atomic E-state index is -1.55. The van der Waals surface area contributed by atoms with Crippen LogP contribution in [0.5, 0.6) is 0 Å². The summed E-state index contributed by atoms with van der Waals surface area (Å²) in [6.07, 6.45) is -5.07. The third-order valence-electron chi connectivity index (χ3n) is 4.15. The van der Waals surface area contributed by atoms with Gasteiger partial charge in [0.1, 0.15) is 6.29 Å². The van der Waals surface area contributed by atoms with Crippen LogP contribution < -0.4 is 16.0 Å². The van der Waals surface area contributed by atoms with E-state index in [-0.39, 0.29) is 32.5 Å². The van der Waals surface area contributed by atoms with E-state index >= 15 is 0 Å². The number of nitrogens with one attached hydrogen (secondary N) is 3. The molecule has 0 aliphatic heterocycles. The number of aliphatic hydroxyl groups excluding tert-OH is 4. The Morgan fingerprint density at radius 2 is 1.40 bits per heavy atom. The number of carbonyl (C=O) groups excluding carboxylic acids is 1. The van der Waals surface area contributed by atoms with E-state index in [2.05, 4.69) is 16.0 Å². The molecule has 25 heavy (non-hydrogen) atoms. The molecule has 0 spiro atoms. The van der Waals surface area contributed by atoms with Crippen LogP contribution in [0.4, 0.5) is 0 Å². The molecule has 1 saturated carbocycles. The number of hydrogen-bond donors (Lipinski definition) is 9. The Morgan fingerprint density at radius 3 is 1.84 bits per heavy atom. The van der Waals surface area contributed by atoms with Crippen LogP contribution in [0.3, 0.4) is 0 Å². The number of carbonyl (C=O) groups is 2. The van der Waals surface area contributed by atoms with E-state index in [1.54, 1.807) is 0 Å². The molecule has 0 bridgehead atoms. The van der Waals surface area contributed by atoms with E-state index in [9.17, 15) is 24.9 Å². The smallest absolute Gasteiger partial charge is 0.304 e. The van der Waals surface area contributed by atoms with Crippen molar-refractivity contribution in [3.8, 4) is 0 Å². The lowest BCUT2D eigenvalue weighted by Gasteiger charge is -2.47. The Morgan fingerprint density at radius 1 is 0.920 bits per heavy atom. The molecular weight excluding hydrogens is 338 g/mol. The molecule has 0 saturated heterocycles. The molecule has 0 heterocycles. The summed E-state index contributed by atoms with van der Waals surface area (Å²) in [4.78, 5) is 21.2. The predicted octanol–water partition coefficient (Wildman–Crippen LogP) is -4.67. The van der Waals surface area contributed by atoms with E-state index < -0.39 is 48.7 Å². The van der Waals surface area contributed by atoms with E-state index in [1.807, 2.05) is 0 Å². The van der Waals surface area contributed by atoms with Crippen molar-refractivity contribution in [3.63, 3.8) is 0 Å². The normalized spacial score (nSPS) is 32.7. The molecule has 146 valence electrons. The Balaban J connectivity index is 2.82. The van der Waals surface area contributed by atoms with E-state index in [0.29, 0.717) is 6.29 Å². The molecule has 6 atom stereocenters. The third kappa shape index (κ3) is 6.56. The highest BCUT2D eigenvalue weighted by Gasteiger charge is 2.48. The van der Waals surface area contributed by atoms with Crippen LogP contribution in [0.2, 0.25) is 0 Å². The standard InChI is InChI=1S/C14H27N3O8/c18-6-5-17-11-13(24)9(15-3-1-7(19)20)12(23)10(14(11)25)16-4-2-8(21)22/h6-7,9-17,19-20,23-25H,1-5H2,(H,21,22). The van der Waals surface area contributed by atoms with Crippen molar-refractivity contribution in [2.24, 2.45) is 0 Å². The van der Waals surface area contributed by atoms with Gasteiger partial charge in [0.15, 0.2) is 6.29 Å². The summed E-state index contributed by atoms with van der Waals surface area (Å²) >= 11 is 0. The van der Waals surface area contributed by atoms with Gasteiger partial charge in [-0.25, -0.2) is 0 Å². The number of rotatable bonds is 11. The minimum absolute atomic E-state index is 0.00725. The van der Waals surface area contributed by atoms with Gasteiger partial charge in [-0.15, -0.1) is 0 Å². The van der Waals surface area contributed by atoms with Crippen molar-refractivity contribution in [2.75, 3.05) is 19.6 Å². The zero-order valence-electron chi connectivity index (χ0n) is 13.7. The molecular formula is C14H27N3O8. The molecule has 0 amide bonds. The van der Waals surface area contributed by atoms with Crippen LogP contribution in [-0.2, 0) is 9.59 Å². The fourth-order valence-corrected chi connectivity index (χ4v) is 2.91. The lowest BCUT2D eigenvalue weighted by molar-refractivity contribution is -0.137. The van der Waals surface area contributed by atoms with Gasteiger partial charge >= 0.3 is 5.97 Å². The number of aldehydes is 1. The minimum Gasteiger partial charge on any atom is -0.481 e. The molecule has 1 fully saturated rings. The first-order valence-corrected chi connectivity index (χ1v) is 8.05. The number of carboxylic acids is 1. The predicted molar refractivity (Wildman–Crippen MR) is 84.6 cm³/mol. The largest absolute Gasteiger partial charge is 0.481 e. The van der Waals surface area contributed by atoms with E-state index in [4.69, 9.17) is 15.3 Å². The van der Waals surface area contributed by atoms with Crippen molar-refractivity contribution in [1.29, 1.82) is 0 Å². The molecule has 11 nitrogen and oxygen atoms in total. The lowest BCUT2D eigenvalue weighted by atomic mass is 9.79. The molecule has 11 heteroatoms. The maximum Gasteiger partial charge on any atom is 0.304 e. The van der Waals surface area contributed by atoms with Gasteiger partial charge in [-0.1, -0.05) is 0 Å². The van der Waals surface area contributed by atoms with Crippen molar-refractivity contribution in [3.05, 3.63) is 0 Å². The second-order valence-corrected chi connectivity index (χ2v) is 5.95. The lowest BCUT2D eigenvalue weighted by Crippen LogP contribution is -2.73. The zero-order chi connectivity index (χ0) is 19.0. The van der Waals surface area contributed by atoms with Gasteiger partial charge in [-0.3, -0.25) is 4.79 Å². The molecule has 1 rings (SSSR count). The molecule has 0 aromatic carbocycles. The molecule has 0 radical (unpaired) electrons. The zero-order valence-corrected chi connectivity index (χ0v) is 13.7. The maximum atomic E-state index is 10.6. The van der Waals surface area contributed by atoms with E-state index in [1.165, 1.54) is 0 Å². The highest BCUT2D eigenvalue weighted by atomic mass is 16.5. The average molecular weight is 365 g/mol. The summed E-state index contributed by atoms with van der Waals surface area (Å²) in [6, 6.07) is -2.84. The Bertz CT molecular complexity index is 425. The first kappa shape index (κ1) is 21.9. The summed E-state index contributed by atoms with van der Waals surface area (Å²) in [5, 5.41) is 65.8. The average Bonchev–Trinajstić information content (AvgIpc) is 2.53. The molecule has 6 unspecified atom stereocenters. The highest BCUT2D eigenvalue weighted by Crippen LogP contribution is 2.22. The van der Waals surface area contributed by atoms with Gasteiger partial charge in [0, 0.05) is 19.5 Å². The van der Waals surface area contributed by atoms with Gasteiger partial charge in [-0.05, 0) is 0 Å². The maximum absolute atomic E-state index is 10.6. The molecule has 0 aromatic heterocycles. The molecule has 9 N–H and O–H groups in total. The van der Waals surface area contributed by atoms with Gasteiger partial charge in [0.25, 0.3) is 0 Å². The summed E-state index contributed by atoms with van der Waals surface area (Å²) in [7, 11) is 0. The van der Waals surface area contributed by atoms with Gasteiger partial charge < -0.3 is 51.4 Å². The molecule has 1 aliphatic rings. The Kier molecular flexibility index (Phi) is 9.38. The van der Waals surface area contributed by atoms with Crippen LogP contribution in [0.1, 0.15) is 12.8 Å². The second kappa shape index (κ2) is 10.7. The molecule has 0 aromatic rings. The van der Waals surface area contributed by atoms with Gasteiger partial charge in [0.2, 0.25) is 0 Å². The second-order valence-electron chi connectivity index (χ2n) is 5.95. The van der Waals surface area contributed by atoms with Crippen molar-refractivity contribution in [2.45, 2.75) is 55.6 Å². The van der Waals surface area contributed by atoms with Gasteiger partial charge in [0.05, 0.1) is 49.4 Å². The summed E-state index contributed by atoms with van der Waals surface area (Å²) in [5.74, 6) is -1.05. The topological polar surface area (TPSA) is 192 Å². The fourth-order valence-electron chi connectivity index (χ4n) is 2.91. The summed E-state index contributed by atoms with van der Waals surface area (Å²) < 4.78 is 0. The number of carboxylic acid groups (broad SMARTS) is 1. The van der Waals surface area contributed by atoms with Crippen LogP contribution in [-0.4, -0.2) is 105 Å². The first-order valence-electron chi connectivity index (χ1n) is 8.05. The summed E-state index contributed by atoms with van der Waals surface area (Å²) in [6.45, 7) is -0.0553. The number of hydrogen-bond acceptors (Lipinski definition) is 10. The van der Waals surface area contributed by atoms with Crippen LogP contribution >= 0.6 is 0 Å². The number of aliphatic carboxylic acids is 1. The first-order chi connectivity index (χ1) is 11.8. The quantitative estimate of drug-likeness (QED) is 0.126. The van der Waals surface area contributed by atoms with E-state index in [0.717, 1.165) is 0 Å². The van der Waals surface area contributed by atoms with Crippen LogP contribution in [0.25, 0.3) is 0 Å².